The maximum atomic E-state index is 12.8. The number of hydrogen-bond acceptors (Lipinski definition) is 6. The number of hydrogen-bond donors (Lipinski definition) is 1. The molecule has 1 aromatic heterocycles. The van der Waals surface area contributed by atoms with Crippen molar-refractivity contribution in [3.8, 4) is 0 Å². The van der Waals surface area contributed by atoms with Crippen LogP contribution in [0, 0.1) is 18.8 Å². The molecule has 0 bridgehead atoms. The first-order chi connectivity index (χ1) is 11.9. The lowest BCUT2D eigenvalue weighted by Gasteiger charge is -2.25. The third-order valence-corrected chi connectivity index (χ3v) is 5.04. The topological polar surface area (TPSA) is 94.7 Å². The summed E-state index contributed by atoms with van der Waals surface area (Å²) in [6, 6.07) is 0. The van der Waals surface area contributed by atoms with Crippen LogP contribution in [0.2, 0.25) is 0 Å². The fraction of sp³-hybridized carbons (Fsp3) is 0.611. The fourth-order valence-electron chi connectivity index (χ4n) is 3.69. The Hall–Kier alpha value is -2.15. The molecule has 25 heavy (non-hydrogen) atoms. The molecule has 1 saturated heterocycles. The van der Waals surface area contributed by atoms with E-state index in [2.05, 4.69) is 4.98 Å². The third-order valence-electron chi connectivity index (χ3n) is 5.04. The van der Waals surface area contributed by atoms with Crippen LogP contribution in [0.4, 0.5) is 0 Å². The molecule has 0 amide bonds. The van der Waals surface area contributed by atoms with E-state index in [4.69, 9.17) is 14.2 Å². The summed E-state index contributed by atoms with van der Waals surface area (Å²) >= 11 is 0. The highest BCUT2D eigenvalue weighted by Crippen LogP contribution is 2.34. The molecule has 0 spiro atoms. The van der Waals surface area contributed by atoms with Crippen LogP contribution in [0.1, 0.15) is 51.9 Å². The molecule has 0 aromatic carbocycles. The molecule has 1 fully saturated rings. The number of nitrogens with one attached hydrogen (secondary N) is 1. The molecule has 3 rings (SSSR count). The zero-order chi connectivity index (χ0) is 18.1. The standard InChI is InChI=1S/C18H23NO6/c1-9-7-12-14(16(20)13(9)17(21)23-3)10(2)15(19-12)18(22)25-8-11-5-4-6-24-11/h9,11,13,19H,4-8H2,1-3H3/t9-,11+,13-/m0/s1. The molecule has 1 N–H and O–H groups in total. The quantitative estimate of drug-likeness (QED) is 0.658. The lowest BCUT2D eigenvalue weighted by Crippen LogP contribution is -2.36. The van der Waals surface area contributed by atoms with Crippen LogP contribution in [0.5, 0.6) is 0 Å². The van der Waals surface area contributed by atoms with Gasteiger partial charge in [0.15, 0.2) is 5.78 Å². The first-order valence-electron chi connectivity index (χ1n) is 8.56. The highest BCUT2D eigenvalue weighted by Gasteiger charge is 2.42. The lowest BCUT2D eigenvalue weighted by molar-refractivity contribution is -0.145. The highest BCUT2D eigenvalue weighted by molar-refractivity contribution is 6.12. The van der Waals surface area contributed by atoms with E-state index < -0.39 is 17.9 Å². The van der Waals surface area contributed by atoms with E-state index in [0.717, 1.165) is 12.8 Å². The second-order valence-electron chi connectivity index (χ2n) is 6.76. The van der Waals surface area contributed by atoms with E-state index in [0.29, 0.717) is 29.8 Å². The predicted molar refractivity (Wildman–Crippen MR) is 87.5 cm³/mol. The normalized spacial score (nSPS) is 25.6. The van der Waals surface area contributed by atoms with Crippen molar-refractivity contribution >= 4 is 17.7 Å². The van der Waals surface area contributed by atoms with Gasteiger partial charge < -0.3 is 19.2 Å². The van der Waals surface area contributed by atoms with Crippen molar-refractivity contribution in [1.29, 1.82) is 0 Å². The van der Waals surface area contributed by atoms with Crippen molar-refractivity contribution in [1.82, 2.24) is 4.98 Å². The molecular weight excluding hydrogens is 326 g/mol. The molecule has 7 heteroatoms. The Morgan fingerprint density at radius 1 is 1.36 bits per heavy atom. The minimum Gasteiger partial charge on any atom is -0.468 e. The Labute approximate surface area is 146 Å². The van der Waals surface area contributed by atoms with E-state index in [-0.39, 0.29) is 30.1 Å². The monoisotopic (exact) mass is 349 g/mol. The molecule has 2 aliphatic rings. The number of fused-ring (bicyclic) bond motifs is 1. The summed E-state index contributed by atoms with van der Waals surface area (Å²) < 4.78 is 15.5. The smallest absolute Gasteiger partial charge is 0.355 e. The minimum absolute atomic E-state index is 0.0563. The SMILES string of the molecule is COC(=O)[C@@H]1C(=O)c2c([nH]c(C(=O)OC[C@H]3CCCO3)c2C)C[C@@H]1C. The van der Waals surface area contributed by atoms with Gasteiger partial charge in [0.25, 0.3) is 0 Å². The van der Waals surface area contributed by atoms with E-state index in [1.165, 1.54) is 7.11 Å². The van der Waals surface area contributed by atoms with E-state index in [1.807, 2.05) is 6.92 Å². The number of aromatic nitrogens is 1. The molecule has 0 saturated carbocycles. The summed E-state index contributed by atoms with van der Waals surface area (Å²) in [4.78, 5) is 40.1. The molecule has 0 radical (unpaired) electrons. The number of H-pyrrole nitrogens is 1. The largest absolute Gasteiger partial charge is 0.468 e. The van der Waals surface area contributed by atoms with Crippen molar-refractivity contribution in [2.24, 2.45) is 11.8 Å². The van der Waals surface area contributed by atoms with Crippen LogP contribution in [0.3, 0.4) is 0 Å². The van der Waals surface area contributed by atoms with Gasteiger partial charge in [-0.05, 0) is 37.7 Å². The van der Waals surface area contributed by atoms with Gasteiger partial charge >= 0.3 is 11.9 Å². The van der Waals surface area contributed by atoms with Crippen molar-refractivity contribution in [3.05, 3.63) is 22.5 Å². The van der Waals surface area contributed by atoms with Crippen molar-refractivity contribution < 1.29 is 28.6 Å². The fourth-order valence-corrected chi connectivity index (χ4v) is 3.69. The number of ketones is 1. The number of aromatic amines is 1. The Kier molecular flexibility index (Phi) is 4.94. The summed E-state index contributed by atoms with van der Waals surface area (Å²) in [6.07, 6.45) is 2.30. The average molecular weight is 349 g/mol. The van der Waals surface area contributed by atoms with E-state index in [9.17, 15) is 14.4 Å². The van der Waals surface area contributed by atoms with Crippen LogP contribution in [-0.4, -0.2) is 49.1 Å². The van der Waals surface area contributed by atoms with Crippen molar-refractivity contribution in [3.63, 3.8) is 0 Å². The minimum atomic E-state index is -0.831. The van der Waals surface area contributed by atoms with Gasteiger partial charge in [0.2, 0.25) is 0 Å². The van der Waals surface area contributed by atoms with Crippen LogP contribution >= 0.6 is 0 Å². The summed E-state index contributed by atoms with van der Waals surface area (Å²) in [5, 5.41) is 0. The van der Waals surface area contributed by atoms with Gasteiger partial charge in [0.05, 0.1) is 13.2 Å². The Morgan fingerprint density at radius 3 is 2.76 bits per heavy atom. The molecule has 7 nitrogen and oxygen atoms in total. The maximum Gasteiger partial charge on any atom is 0.355 e. The number of carbonyl (C=O) groups is 3. The maximum absolute atomic E-state index is 12.8. The number of methoxy groups -OCH3 is 1. The van der Waals surface area contributed by atoms with Crippen LogP contribution < -0.4 is 0 Å². The first-order valence-corrected chi connectivity index (χ1v) is 8.56. The molecule has 1 aliphatic heterocycles. The van der Waals surface area contributed by atoms with Gasteiger partial charge in [-0.25, -0.2) is 4.79 Å². The van der Waals surface area contributed by atoms with E-state index in [1.54, 1.807) is 6.92 Å². The van der Waals surface area contributed by atoms with Crippen LogP contribution in [0.15, 0.2) is 0 Å². The molecule has 0 unspecified atom stereocenters. The Morgan fingerprint density at radius 2 is 2.12 bits per heavy atom. The average Bonchev–Trinajstić information content (AvgIpc) is 3.20. The van der Waals surface area contributed by atoms with Crippen molar-refractivity contribution in [2.45, 2.75) is 39.2 Å². The summed E-state index contributed by atoms with van der Waals surface area (Å²) in [6.45, 7) is 4.42. The number of esters is 2. The molecule has 1 aromatic rings. The zero-order valence-corrected chi connectivity index (χ0v) is 14.7. The molecule has 136 valence electrons. The lowest BCUT2D eigenvalue weighted by atomic mass is 9.77. The number of carbonyl (C=O) groups excluding carboxylic acids is 3. The first kappa shape index (κ1) is 17.7. The molecule has 2 heterocycles. The number of ether oxygens (including phenoxy) is 3. The van der Waals surface area contributed by atoms with Gasteiger partial charge in [-0.1, -0.05) is 6.92 Å². The Bertz CT molecular complexity index is 701. The Balaban J connectivity index is 1.80. The van der Waals surface area contributed by atoms with E-state index >= 15 is 0 Å². The van der Waals surface area contributed by atoms with Gasteiger partial charge in [-0.3, -0.25) is 9.59 Å². The number of Topliss-reactive ketones (excluding diaryl/α,β-unsaturated/α-hetero) is 1. The van der Waals surface area contributed by atoms with Gasteiger partial charge in [0.1, 0.15) is 18.2 Å². The van der Waals surface area contributed by atoms with Gasteiger partial charge in [-0.2, -0.15) is 0 Å². The van der Waals surface area contributed by atoms with Crippen molar-refractivity contribution in [2.75, 3.05) is 20.3 Å². The van der Waals surface area contributed by atoms with Gasteiger partial charge in [0, 0.05) is 17.9 Å². The molecular formula is C18H23NO6. The second-order valence-corrected chi connectivity index (χ2v) is 6.76. The highest BCUT2D eigenvalue weighted by atomic mass is 16.6. The zero-order valence-electron chi connectivity index (χ0n) is 14.7. The van der Waals surface area contributed by atoms with Crippen LogP contribution in [0.25, 0.3) is 0 Å². The van der Waals surface area contributed by atoms with Crippen LogP contribution in [-0.2, 0) is 25.4 Å². The summed E-state index contributed by atoms with van der Waals surface area (Å²) in [5.74, 6) is -2.36. The third kappa shape index (κ3) is 3.20. The summed E-state index contributed by atoms with van der Waals surface area (Å²) in [5.41, 5.74) is 1.89. The molecule has 3 atom stereocenters. The number of rotatable bonds is 4. The summed E-state index contributed by atoms with van der Waals surface area (Å²) in [7, 11) is 1.27. The molecule has 1 aliphatic carbocycles. The second kappa shape index (κ2) is 7.00. The predicted octanol–water partition coefficient (Wildman–Crippen LogP) is 1.82. The van der Waals surface area contributed by atoms with Gasteiger partial charge in [-0.15, -0.1) is 0 Å².